The minimum atomic E-state index is -0.368. The molecule has 7 heteroatoms. The van der Waals surface area contributed by atoms with Gasteiger partial charge in [0.25, 0.3) is 0 Å². The monoisotopic (exact) mass is 480 g/mol. The van der Waals surface area contributed by atoms with E-state index in [-0.39, 0.29) is 30.0 Å². The summed E-state index contributed by atoms with van der Waals surface area (Å²) in [5.74, 6) is 3.55. The third-order valence-electron chi connectivity index (χ3n) is 7.23. The van der Waals surface area contributed by atoms with Crippen LogP contribution < -0.4 is 23.7 Å². The smallest absolute Gasteiger partial charge is 0.164 e. The molecule has 0 aromatic heterocycles. The van der Waals surface area contributed by atoms with Crippen molar-refractivity contribution < 1.29 is 33.2 Å². The lowest BCUT2D eigenvalue weighted by Crippen LogP contribution is -2.44. The topological polar surface area (TPSA) is 64.6 Å². The number of benzene rings is 2. The molecule has 0 N–H and O–H groups in total. The first-order chi connectivity index (χ1) is 17.0. The Morgan fingerprint density at radius 2 is 1.80 bits per heavy atom. The molecular weight excluding hydrogens is 448 g/mol. The number of fused-ring (bicyclic) bond motifs is 6. The van der Waals surface area contributed by atoms with Crippen LogP contribution in [0.5, 0.6) is 28.7 Å². The molecule has 2 aromatic rings. The first kappa shape index (κ1) is 22.6. The van der Waals surface area contributed by atoms with Gasteiger partial charge in [0.05, 0.1) is 31.8 Å². The fourth-order valence-corrected chi connectivity index (χ4v) is 5.49. The van der Waals surface area contributed by atoms with Crippen LogP contribution in [0.1, 0.15) is 61.8 Å². The van der Waals surface area contributed by atoms with Crippen LogP contribution in [0, 0.1) is 0 Å². The van der Waals surface area contributed by atoms with Crippen molar-refractivity contribution in [1.82, 2.24) is 0 Å². The standard InChI is InChI=1S/C28H32O7/c1-28(2)11-10-16-19(35-28)9-8-17-26(16)33-23-15-32-20-14-22(30-4)21(29-3)13-18(20)25(23)27(17)34-24-7-5-6-12-31-24/h8-11,13-14,23-25,27H,5-7,12,15H2,1-4H3/t23-,24?,25-,27-/m1/s1. The number of hydrogen-bond donors (Lipinski definition) is 0. The van der Waals surface area contributed by atoms with Crippen molar-refractivity contribution in [2.75, 3.05) is 27.4 Å². The van der Waals surface area contributed by atoms with Crippen molar-refractivity contribution in [3.63, 3.8) is 0 Å². The summed E-state index contributed by atoms with van der Waals surface area (Å²) in [5, 5.41) is 0. The largest absolute Gasteiger partial charge is 0.493 e. The third-order valence-corrected chi connectivity index (χ3v) is 7.23. The molecule has 1 saturated heterocycles. The van der Waals surface area contributed by atoms with Crippen LogP contribution >= 0.6 is 0 Å². The summed E-state index contributed by atoms with van der Waals surface area (Å²) < 4.78 is 42.9. The Kier molecular flexibility index (Phi) is 5.57. The summed E-state index contributed by atoms with van der Waals surface area (Å²) in [6, 6.07) is 7.97. The summed E-state index contributed by atoms with van der Waals surface area (Å²) in [6.07, 6.45) is 6.42. The first-order valence-electron chi connectivity index (χ1n) is 12.3. The molecule has 0 spiro atoms. The second-order valence-corrected chi connectivity index (χ2v) is 10.0. The lowest BCUT2D eigenvalue weighted by Gasteiger charge is -2.45. The number of methoxy groups -OCH3 is 2. The Labute approximate surface area is 205 Å². The lowest BCUT2D eigenvalue weighted by atomic mass is 9.79. The maximum Gasteiger partial charge on any atom is 0.164 e. The zero-order valence-corrected chi connectivity index (χ0v) is 20.7. The number of ether oxygens (including phenoxy) is 7. The molecule has 2 aromatic carbocycles. The molecule has 0 aliphatic carbocycles. The molecule has 1 fully saturated rings. The van der Waals surface area contributed by atoms with E-state index in [9.17, 15) is 0 Å². The van der Waals surface area contributed by atoms with Crippen molar-refractivity contribution in [1.29, 1.82) is 0 Å². The van der Waals surface area contributed by atoms with Gasteiger partial charge in [-0.2, -0.15) is 0 Å². The second kappa shape index (κ2) is 8.64. The van der Waals surface area contributed by atoms with Crippen molar-refractivity contribution in [3.8, 4) is 28.7 Å². The summed E-state index contributed by atoms with van der Waals surface area (Å²) in [5.41, 5.74) is 2.55. The van der Waals surface area contributed by atoms with Gasteiger partial charge in [-0.1, -0.05) is 0 Å². The zero-order chi connectivity index (χ0) is 24.2. The SMILES string of the molecule is COc1cc2c(cc1OC)[C@H]1[C@H](OC3CCCCO3)c3ccc4c(c3O[C@@H]1CO2)C=CC(C)(C)O4. The number of rotatable bonds is 4. The van der Waals surface area contributed by atoms with Crippen LogP contribution in [0.2, 0.25) is 0 Å². The minimum Gasteiger partial charge on any atom is -0.493 e. The summed E-state index contributed by atoms with van der Waals surface area (Å²) in [4.78, 5) is 0. The number of hydrogen-bond acceptors (Lipinski definition) is 7. The lowest BCUT2D eigenvalue weighted by molar-refractivity contribution is -0.204. The van der Waals surface area contributed by atoms with Gasteiger partial charge in [-0.3, -0.25) is 0 Å². The highest BCUT2D eigenvalue weighted by Gasteiger charge is 2.47. The van der Waals surface area contributed by atoms with Crippen molar-refractivity contribution in [3.05, 3.63) is 47.0 Å². The highest BCUT2D eigenvalue weighted by Crippen LogP contribution is 2.55. The van der Waals surface area contributed by atoms with Crippen LogP contribution in [0.4, 0.5) is 0 Å². The Hall–Kier alpha value is -2.90. The molecule has 0 saturated carbocycles. The Balaban J connectivity index is 1.47. The van der Waals surface area contributed by atoms with Gasteiger partial charge < -0.3 is 33.2 Å². The summed E-state index contributed by atoms with van der Waals surface area (Å²) in [7, 11) is 3.27. The van der Waals surface area contributed by atoms with E-state index in [4.69, 9.17) is 33.2 Å². The van der Waals surface area contributed by atoms with Gasteiger partial charge in [0, 0.05) is 23.8 Å². The maximum atomic E-state index is 6.75. The van der Waals surface area contributed by atoms with E-state index < -0.39 is 0 Å². The molecule has 4 heterocycles. The van der Waals surface area contributed by atoms with Gasteiger partial charge in [0.15, 0.2) is 17.8 Å². The third kappa shape index (κ3) is 3.91. The molecule has 6 rings (SSSR count). The molecule has 4 atom stereocenters. The summed E-state index contributed by atoms with van der Waals surface area (Å²) in [6.45, 7) is 5.21. The fourth-order valence-electron chi connectivity index (χ4n) is 5.49. The normalized spacial score (nSPS) is 27.7. The molecule has 0 amide bonds. The van der Waals surface area contributed by atoms with Gasteiger partial charge in [0.1, 0.15) is 35.6 Å². The molecule has 4 aliphatic heterocycles. The van der Waals surface area contributed by atoms with E-state index in [0.717, 1.165) is 59.8 Å². The Morgan fingerprint density at radius 1 is 0.971 bits per heavy atom. The molecule has 186 valence electrons. The maximum absolute atomic E-state index is 6.75. The van der Waals surface area contributed by atoms with E-state index >= 15 is 0 Å². The highest BCUT2D eigenvalue weighted by molar-refractivity contribution is 5.70. The fraction of sp³-hybridized carbons (Fsp3) is 0.500. The molecule has 7 nitrogen and oxygen atoms in total. The van der Waals surface area contributed by atoms with E-state index in [1.54, 1.807) is 14.2 Å². The van der Waals surface area contributed by atoms with E-state index in [2.05, 4.69) is 18.2 Å². The minimum absolute atomic E-state index is 0.0976. The molecule has 1 unspecified atom stereocenters. The van der Waals surface area contributed by atoms with Crippen LogP contribution in [-0.2, 0) is 9.47 Å². The van der Waals surface area contributed by atoms with Crippen LogP contribution in [0.25, 0.3) is 6.08 Å². The van der Waals surface area contributed by atoms with Gasteiger partial charge in [-0.05, 0) is 63.5 Å². The molecule has 0 bridgehead atoms. The molecule has 0 radical (unpaired) electrons. The average Bonchev–Trinajstić information content (AvgIpc) is 2.87. The molecular formula is C28H32O7. The van der Waals surface area contributed by atoms with Crippen molar-refractivity contribution in [2.24, 2.45) is 0 Å². The Morgan fingerprint density at radius 3 is 2.57 bits per heavy atom. The van der Waals surface area contributed by atoms with Crippen LogP contribution in [0.15, 0.2) is 30.3 Å². The average molecular weight is 481 g/mol. The van der Waals surface area contributed by atoms with Crippen LogP contribution in [-0.4, -0.2) is 45.4 Å². The van der Waals surface area contributed by atoms with E-state index in [1.165, 1.54) is 0 Å². The molecule has 4 aliphatic rings. The predicted octanol–water partition coefficient (Wildman–Crippen LogP) is 5.41. The van der Waals surface area contributed by atoms with Crippen molar-refractivity contribution in [2.45, 2.75) is 63.1 Å². The molecule has 35 heavy (non-hydrogen) atoms. The van der Waals surface area contributed by atoms with Crippen LogP contribution in [0.3, 0.4) is 0 Å². The van der Waals surface area contributed by atoms with Gasteiger partial charge in [-0.25, -0.2) is 0 Å². The highest BCUT2D eigenvalue weighted by atomic mass is 16.7. The Bertz CT molecular complexity index is 1150. The van der Waals surface area contributed by atoms with Gasteiger partial charge >= 0.3 is 0 Å². The van der Waals surface area contributed by atoms with Crippen molar-refractivity contribution >= 4 is 6.08 Å². The van der Waals surface area contributed by atoms with Gasteiger partial charge in [0.2, 0.25) is 0 Å². The predicted molar refractivity (Wildman–Crippen MR) is 130 cm³/mol. The van der Waals surface area contributed by atoms with E-state index in [0.29, 0.717) is 18.1 Å². The van der Waals surface area contributed by atoms with Gasteiger partial charge in [-0.15, -0.1) is 0 Å². The van der Waals surface area contributed by atoms with E-state index in [1.807, 2.05) is 32.0 Å². The second-order valence-electron chi connectivity index (χ2n) is 10.0. The zero-order valence-electron chi connectivity index (χ0n) is 20.7. The summed E-state index contributed by atoms with van der Waals surface area (Å²) >= 11 is 0. The quantitative estimate of drug-likeness (QED) is 0.580. The first-order valence-corrected chi connectivity index (χ1v) is 12.3.